The maximum Gasteiger partial charge on any atom is 0.249 e. The van der Waals surface area contributed by atoms with Gasteiger partial charge in [0, 0.05) is 12.2 Å². The van der Waals surface area contributed by atoms with Crippen LogP contribution >= 0.6 is 0 Å². The lowest BCUT2D eigenvalue weighted by Gasteiger charge is -2.08. The maximum absolute atomic E-state index is 8.81. The van der Waals surface area contributed by atoms with Crippen LogP contribution in [0.5, 0.6) is 0 Å². The number of nitrogens with one attached hydrogen (secondary N) is 2. The standard InChI is InChI=1S/C18H16N6/c1-13-2-4-15(5-3-13)11-20-17-12-21-24-18(23-17)22-16-8-6-14(10-19)7-9-16/h2-9,12H,11H2,1H3,(H2,20,22,23,24). The Morgan fingerprint density at radius 2 is 1.79 bits per heavy atom. The number of hydrogen-bond donors (Lipinski definition) is 2. The van der Waals surface area contributed by atoms with E-state index in [9.17, 15) is 0 Å². The Bertz CT molecular complexity index is 850. The molecule has 3 rings (SSSR count). The van der Waals surface area contributed by atoms with E-state index in [1.165, 1.54) is 11.1 Å². The lowest BCUT2D eigenvalue weighted by atomic mass is 10.1. The lowest BCUT2D eigenvalue weighted by molar-refractivity contribution is 0.966. The molecule has 1 heterocycles. The predicted octanol–water partition coefficient (Wildman–Crippen LogP) is 3.41. The van der Waals surface area contributed by atoms with Crippen LogP contribution in [0.2, 0.25) is 0 Å². The molecule has 0 aliphatic carbocycles. The third-order valence-corrected chi connectivity index (χ3v) is 3.42. The Balaban J connectivity index is 1.65. The topological polar surface area (TPSA) is 86.5 Å². The molecular formula is C18H16N6. The second kappa shape index (κ2) is 7.20. The number of rotatable bonds is 5. The van der Waals surface area contributed by atoms with Crippen LogP contribution in [0.3, 0.4) is 0 Å². The van der Waals surface area contributed by atoms with Crippen molar-refractivity contribution in [2.45, 2.75) is 13.5 Å². The summed E-state index contributed by atoms with van der Waals surface area (Å²) in [6, 6.07) is 17.4. The Kier molecular flexibility index (Phi) is 4.63. The number of nitriles is 1. The first-order valence-electron chi connectivity index (χ1n) is 7.49. The van der Waals surface area contributed by atoms with Crippen molar-refractivity contribution in [1.29, 1.82) is 5.26 Å². The van der Waals surface area contributed by atoms with Crippen molar-refractivity contribution >= 4 is 17.5 Å². The van der Waals surface area contributed by atoms with Crippen LogP contribution in [0.25, 0.3) is 0 Å². The Labute approximate surface area is 140 Å². The first-order valence-corrected chi connectivity index (χ1v) is 7.49. The van der Waals surface area contributed by atoms with Crippen molar-refractivity contribution in [3.05, 3.63) is 71.4 Å². The average Bonchev–Trinajstić information content (AvgIpc) is 2.62. The number of benzene rings is 2. The van der Waals surface area contributed by atoms with Gasteiger partial charge in [-0.2, -0.15) is 15.3 Å². The Hall–Kier alpha value is -3.46. The Morgan fingerprint density at radius 3 is 2.50 bits per heavy atom. The van der Waals surface area contributed by atoms with Crippen molar-refractivity contribution in [2.24, 2.45) is 0 Å². The zero-order valence-corrected chi connectivity index (χ0v) is 13.2. The zero-order valence-electron chi connectivity index (χ0n) is 13.2. The fraction of sp³-hybridized carbons (Fsp3) is 0.111. The molecule has 0 aliphatic heterocycles. The summed E-state index contributed by atoms with van der Waals surface area (Å²) in [5.41, 5.74) is 3.80. The van der Waals surface area contributed by atoms with Gasteiger partial charge in [0.1, 0.15) is 0 Å². The molecule has 0 spiro atoms. The van der Waals surface area contributed by atoms with E-state index >= 15 is 0 Å². The molecule has 0 atom stereocenters. The average molecular weight is 316 g/mol. The molecule has 2 aromatic carbocycles. The number of aromatic nitrogens is 3. The Morgan fingerprint density at radius 1 is 1.04 bits per heavy atom. The number of nitrogens with zero attached hydrogens (tertiary/aromatic N) is 4. The summed E-state index contributed by atoms with van der Waals surface area (Å²) < 4.78 is 0. The summed E-state index contributed by atoms with van der Waals surface area (Å²) in [6.45, 7) is 2.72. The van der Waals surface area contributed by atoms with E-state index in [1.807, 2.05) is 0 Å². The fourth-order valence-corrected chi connectivity index (χ4v) is 2.10. The van der Waals surface area contributed by atoms with Gasteiger partial charge >= 0.3 is 0 Å². The molecule has 0 aliphatic rings. The van der Waals surface area contributed by atoms with Crippen LogP contribution < -0.4 is 10.6 Å². The minimum atomic E-state index is 0.397. The minimum Gasteiger partial charge on any atom is -0.365 e. The molecule has 0 unspecified atom stereocenters. The summed E-state index contributed by atoms with van der Waals surface area (Å²) in [4.78, 5) is 4.38. The SMILES string of the molecule is Cc1ccc(CNc2cnnc(Nc3ccc(C#N)cc3)n2)cc1. The monoisotopic (exact) mass is 316 g/mol. The van der Waals surface area contributed by atoms with E-state index in [-0.39, 0.29) is 0 Å². The van der Waals surface area contributed by atoms with Gasteiger partial charge in [0.15, 0.2) is 5.82 Å². The van der Waals surface area contributed by atoms with Gasteiger partial charge < -0.3 is 10.6 Å². The first kappa shape index (κ1) is 15.4. The van der Waals surface area contributed by atoms with Gasteiger partial charge in [-0.25, -0.2) is 0 Å². The highest BCUT2D eigenvalue weighted by molar-refractivity contribution is 5.55. The molecular weight excluding hydrogens is 300 g/mol. The van der Waals surface area contributed by atoms with Gasteiger partial charge in [-0.15, -0.1) is 5.10 Å². The van der Waals surface area contributed by atoms with Crippen LogP contribution in [-0.2, 0) is 6.54 Å². The van der Waals surface area contributed by atoms with Crippen LogP contribution in [0.4, 0.5) is 17.5 Å². The van der Waals surface area contributed by atoms with Gasteiger partial charge in [-0.05, 0) is 36.8 Å². The van der Waals surface area contributed by atoms with Crippen LogP contribution in [0.15, 0.2) is 54.7 Å². The molecule has 0 bridgehead atoms. The van der Waals surface area contributed by atoms with Crippen LogP contribution in [0.1, 0.15) is 16.7 Å². The van der Waals surface area contributed by atoms with Crippen LogP contribution in [0, 0.1) is 18.3 Å². The van der Waals surface area contributed by atoms with E-state index < -0.39 is 0 Å². The molecule has 0 saturated heterocycles. The highest BCUT2D eigenvalue weighted by Gasteiger charge is 2.02. The van der Waals surface area contributed by atoms with E-state index in [4.69, 9.17) is 5.26 Å². The molecule has 0 fully saturated rings. The highest BCUT2D eigenvalue weighted by atomic mass is 15.3. The van der Waals surface area contributed by atoms with Gasteiger partial charge in [-0.3, -0.25) is 0 Å². The fourth-order valence-electron chi connectivity index (χ4n) is 2.10. The summed E-state index contributed by atoms with van der Waals surface area (Å²) in [5, 5.41) is 23.0. The van der Waals surface area contributed by atoms with Gasteiger partial charge in [0.25, 0.3) is 0 Å². The summed E-state index contributed by atoms with van der Waals surface area (Å²) >= 11 is 0. The van der Waals surface area contributed by atoms with Gasteiger partial charge in [-0.1, -0.05) is 29.8 Å². The van der Waals surface area contributed by atoms with Gasteiger partial charge in [0.2, 0.25) is 5.95 Å². The van der Waals surface area contributed by atoms with Gasteiger partial charge in [0.05, 0.1) is 17.8 Å². The molecule has 118 valence electrons. The third-order valence-electron chi connectivity index (χ3n) is 3.42. The number of anilines is 3. The van der Waals surface area contributed by atoms with E-state index in [0.29, 0.717) is 23.9 Å². The molecule has 1 aromatic heterocycles. The molecule has 24 heavy (non-hydrogen) atoms. The maximum atomic E-state index is 8.81. The highest BCUT2D eigenvalue weighted by Crippen LogP contribution is 2.14. The summed E-state index contributed by atoms with van der Waals surface area (Å²) in [5.74, 6) is 1.04. The molecule has 6 heteroatoms. The molecule has 0 saturated carbocycles. The van der Waals surface area contributed by atoms with Crippen LogP contribution in [-0.4, -0.2) is 15.2 Å². The minimum absolute atomic E-state index is 0.397. The molecule has 0 amide bonds. The predicted molar refractivity (Wildman–Crippen MR) is 92.8 cm³/mol. The summed E-state index contributed by atoms with van der Waals surface area (Å²) in [7, 11) is 0. The van der Waals surface area contributed by atoms with E-state index in [2.05, 4.69) is 63.1 Å². The van der Waals surface area contributed by atoms with E-state index in [1.54, 1.807) is 30.5 Å². The van der Waals surface area contributed by atoms with E-state index in [0.717, 1.165) is 5.69 Å². The zero-order chi connectivity index (χ0) is 16.8. The first-order chi connectivity index (χ1) is 11.7. The second-order valence-corrected chi connectivity index (χ2v) is 5.32. The number of hydrogen-bond acceptors (Lipinski definition) is 6. The molecule has 3 aromatic rings. The second-order valence-electron chi connectivity index (χ2n) is 5.32. The van der Waals surface area contributed by atoms with Crippen molar-refractivity contribution in [3.63, 3.8) is 0 Å². The van der Waals surface area contributed by atoms with Crippen molar-refractivity contribution < 1.29 is 0 Å². The molecule has 0 radical (unpaired) electrons. The molecule has 6 nitrogen and oxygen atoms in total. The smallest absolute Gasteiger partial charge is 0.249 e. The molecule has 2 N–H and O–H groups in total. The quantitative estimate of drug-likeness (QED) is 0.750. The lowest BCUT2D eigenvalue weighted by Crippen LogP contribution is -2.05. The number of aryl methyl sites for hydroxylation is 1. The summed E-state index contributed by atoms with van der Waals surface area (Å²) in [6.07, 6.45) is 1.58. The van der Waals surface area contributed by atoms with Crippen molar-refractivity contribution in [1.82, 2.24) is 15.2 Å². The normalized spacial score (nSPS) is 10.0. The third kappa shape index (κ3) is 4.05. The van der Waals surface area contributed by atoms with Crippen molar-refractivity contribution in [3.8, 4) is 6.07 Å². The largest absolute Gasteiger partial charge is 0.365 e. The van der Waals surface area contributed by atoms with Crippen molar-refractivity contribution in [2.75, 3.05) is 10.6 Å².